The van der Waals surface area contributed by atoms with E-state index in [0.717, 1.165) is 0 Å². The van der Waals surface area contributed by atoms with Gasteiger partial charge in [-0.25, -0.2) is 9.18 Å². The third-order valence-corrected chi connectivity index (χ3v) is 2.71. The quantitative estimate of drug-likeness (QED) is 0.939. The first-order valence-electron chi connectivity index (χ1n) is 4.95. The highest BCUT2D eigenvalue weighted by molar-refractivity contribution is 9.10. The summed E-state index contributed by atoms with van der Waals surface area (Å²) in [5.41, 5.74) is 0.349. The predicted octanol–water partition coefficient (Wildman–Crippen LogP) is 3.46. The van der Waals surface area contributed by atoms with Crippen molar-refractivity contribution < 1.29 is 23.4 Å². The van der Waals surface area contributed by atoms with E-state index in [9.17, 15) is 9.18 Å². The summed E-state index contributed by atoms with van der Waals surface area (Å²) in [6.07, 6.45) is 1.25. The largest absolute Gasteiger partial charge is 0.486 e. The number of halogens is 2. The van der Waals surface area contributed by atoms with Crippen molar-refractivity contribution in [1.82, 2.24) is 0 Å². The summed E-state index contributed by atoms with van der Waals surface area (Å²) in [7, 11) is 0. The van der Waals surface area contributed by atoms with Gasteiger partial charge in [-0.3, -0.25) is 0 Å². The highest BCUT2D eigenvalue weighted by Crippen LogP contribution is 2.23. The van der Waals surface area contributed by atoms with Crippen LogP contribution in [0.15, 0.2) is 39.4 Å². The average molecular weight is 315 g/mol. The first-order valence-corrected chi connectivity index (χ1v) is 5.74. The van der Waals surface area contributed by atoms with Crippen molar-refractivity contribution in [3.8, 4) is 5.75 Å². The molecule has 0 aliphatic rings. The second-order valence-electron chi connectivity index (χ2n) is 3.44. The molecule has 1 aromatic heterocycles. The van der Waals surface area contributed by atoms with Crippen LogP contribution >= 0.6 is 15.9 Å². The number of furan rings is 1. The Morgan fingerprint density at radius 3 is 2.94 bits per heavy atom. The van der Waals surface area contributed by atoms with Crippen molar-refractivity contribution in [2.75, 3.05) is 0 Å². The van der Waals surface area contributed by atoms with Gasteiger partial charge in [-0.15, -0.1) is 0 Å². The maximum Gasteiger partial charge on any atom is 0.372 e. The minimum Gasteiger partial charge on any atom is -0.486 e. The van der Waals surface area contributed by atoms with Crippen molar-refractivity contribution in [3.05, 3.63) is 52.1 Å². The lowest BCUT2D eigenvalue weighted by molar-refractivity contribution is 0.0658. The van der Waals surface area contributed by atoms with E-state index in [1.807, 2.05) is 0 Å². The molecule has 0 bridgehead atoms. The van der Waals surface area contributed by atoms with Gasteiger partial charge in [-0.2, -0.15) is 0 Å². The zero-order valence-electron chi connectivity index (χ0n) is 9.02. The van der Waals surface area contributed by atoms with Gasteiger partial charge in [0.15, 0.2) is 11.6 Å². The van der Waals surface area contributed by atoms with Crippen LogP contribution in [-0.4, -0.2) is 11.1 Å². The Balaban J connectivity index is 2.14. The molecular formula is C12H8BrFO4. The number of aromatic carboxylic acids is 1. The monoisotopic (exact) mass is 314 g/mol. The van der Waals surface area contributed by atoms with Crippen molar-refractivity contribution in [2.45, 2.75) is 6.61 Å². The molecule has 0 radical (unpaired) electrons. The van der Waals surface area contributed by atoms with Crippen molar-refractivity contribution >= 4 is 21.9 Å². The van der Waals surface area contributed by atoms with Crippen molar-refractivity contribution in [2.24, 2.45) is 0 Å². The van der Waals surface area contributed by atoms with E-state index in [0.29, 0.717) is 10.0 Å². The van der Waals surface area contributed by atoms with Gasteiger partial charge in [0.25, 0.3) is 0 Å². The Bertz CT molecular complexity index is 579. The number of carboxylic acids is 1. The SMILES string of the molecule is O=C(O)c1occc1COc1cc(Br)ccc1F. The molecule has 0 spiro atoms. The van der Waals surface area contributed by atoms with E-state index < -0.39 is 11.8 Å². The summed E-state index contributed by atoms with van der Waals surface area (Å²) in [6.45, 7) is -0.0779. The summed E-state index contributed by atoms with van der Waals surface area (Å²) in [5, 5.41) is 8.82. The number of carbonyl (C=O) groups is 1. The van der Waals surface area contributed by atoms with E-state index in [1.54, 1.807) is 6.07 Å². The van der Waals surface area contributed by atoms with Crippen LogP contribution in [0.2, 0.25) is 0 Å². The molecule has 18 heavy (non-hydrogen) atoms. The standard InChI is InChI=1S/C12H8BrFO4/c13-8-1-2-9(14)10(5-8)18-6-7-3-4-17-11(7)12(15)16/h1-5H,6H2,(H,15,16). The molecule has 0 saturated heterocycles. The van der Waals surface area contributed by atoms with Gasteiger partial charge in [0.05, 0.1) is 6.26 Å². The van der Waals surface area contributed by atoms with Crippen LogP contribution in [0, 0.1) is 5.82 Å². The van der Waals surface area contributed by atoms with Gasteiger partial charge in [-0.05, 0) is 24.3 Å². The summed E-state index contributed by atoms with van der Waals surface area (Å²) >= 11 is 3.19. The summed E-state index contributed by atoms with van der Waals surface area (Å²) in [4.78, 5) is 10.8. The lowest BCUT2D eigenvalue weighted by Gasteiger charge is -2.06. The maximum absolute atomic E-state index is 13.4. The second-order valence-corrected chi connectivity index (χ2v) is 4.36. The molecule has 6 heteroatoms. The molecule has 0 amide bonds. The van der Waals surface area contributed by atoms with Gasteiger partial charge in [0.1, 0.15) is 6.61 Å². The van der Waals surface area contributed by atoms with E-state index >= 15 is 0 Å². The molecule has 0 saturated carbocycles. The number of ether oxygens (including phenoxy) is 1. The maximum atomic E-state index is 13.4. The lowest BCUT2D eigenvalue weighted by Crippen LogP contribution is -2.03. The van der Waals surface area contributed by atoms with Gasteiger partial charge < -0.3 is 14.3 Å². The molecule has 2 rings (SSSR count). The van der Waals surface area contributed by atoms with Crippen molar-refractivity contribution in [1.29, 1.82) is 0 Å². The number of benzene rings is 1. The fourth-order valence-electron chi connectivity index (χ4n) is 1.38. The average Bonchev–Trinajstić information content (AvgIpc) is 2.79. The third kappa shape index (κ3) is 2.70. The van der Waals surface area contributed by atoms with Crippen LogP contribution in [0.4, 0.5) is 4.39 Å². The topological polar surface area (TPSA) is 59.7 Å². The van der Waals surface area contributed by atoms with Crippen LogP contribution in [0.3, 0.4) is 0 Å². The summed E-state index contributed by atoms with van der Waals surface area (Å²) in [6, 6.07) is 5.74. The van der Waals surface area contributed by atoms with E-state index in [-0.39, 0.29) is 18.1 Å². The number of carboxylic acid groups (broad SMARTS) is 1. The molecule has 0 aliphatic carbocycles. The van der Waals surface area contributed by atoms with Crippen molar-refractivity contribution in [3.63, 3.8) is 0 Å². The van der Waals surface area contributed by atoms with Gasteiger partial charge in [0, 0.05) is 10.0 Å². The van der Waals surface area contributed by atoms with E-state index in [2.05, 4.69) is 15.9 Å². The van der Waals surface area contributed by atoms with Crippen LogP contribution in [0.5, 0.6) is 5.75 Å². The van der Waals surface area contributed by atoms with Gasteiger partial charge >= 0.3 is 5.97 Å². The van der Waals surface area contributed by atoms with Gasteiger partial charge in [0.2, 0.25) is 5.76 Å². The molecule has 1 aromatic carbocycles. The molecule has 4 nitrogen and oxygen atoms in total. The van der Waals surface area contributed by atoms with Crippen LogP contribution in [0.25, 0.3) is 0 Å². The molecule has 0 fully saturated rings. The third-order valence-electron chi connectivity index (χ3n) is 2.22. The first kappa shape index (κ1) is 12.6. The highest BCUT2D eigenvalue weighted by Gasteiger charge is 2.15. The predicted molar refractivity (Wildman–Crippen MR) is 64.1 cm³/mol. The van der Waals surface area contributed by atoms with Crippen LogP contribution < -0.4 is 4.74 Å². The molecule has 2 aromatic rings. The fraction of sp³-hybridized carbons (Fsp3) is 0.0833. The highest BCUT2D eigenvalue weighted by atomic mass is 79.9. The van der Waals surface area contributed by atoms with Crippen LogP contribution in [0.1, 0.15) is 16.1 Å². The molecular weight excluding hydrogens is 307 g/mol. The Labute approximate surface area is 110 Å². The number of hydrogen-bond donors (Lipinski definition) is 1. The molecule has 1 heterocycles. The first-order chi connectivity index (χ1) is 8.58. The minimum absolute atomic E-state index is 0.0434. The zero-order valence-corrected chi connectivity index (χ0v) is 10.6. The Morgan fingerprint density at radius 2 is 2.22 bits per heavy atom. The number of rotatable bonds is 4. The zero-order chi connectivity index (χ0) is 13.1. The normalized spacial score (nSPS) is 10.3. The molecule has 0 unspecified atom stereocenters. The smallest absolute Gasteiger partial charge is 0.372 e. The Kier molecular flexibility index (Phi) is 3.66. The molecule has 1 N–H and O–H groups in total. The summed E-state index contributed by atoms with van der Waals surface area (Å²) in [5.74, 6) is -1.86. The van der Waals surface area contributed by atoms with Crippen LogP contribution in [-0.2, 0) is 6.61 Å². The fourth-order valence-corrected chi connectivity index (χ4v) is 1.72. The Morgan fingerprint density at radius 1 is 1.44 bits per heavy atom. The Hall–Kier alpha value is -1.82. The number of hydrogen-bond acceptors (Lipinski definition) is 3. The lowest BCUT2D eigenvalue weighted by atomic mass is 10.2. The van der Waals surface area contributed by atoms with Gasteiger partial charge in [-0.1, -0.05) is 15.9 Å². The second kappa shape index (κ2) is 5.22. The molecule has 94 valence electrons. The minimum atomic E-state index is -1.19. The summed E-state index contributed by atoms with van der Waals surface area (Å²) < 4.78 is 24.1. The van der Waals surface area contributed by atoms with E-state index in [1.165, 1.54) is 24.5 Å². The molecule has 0 atom stereocenters. The van der Waals surface area contributed by atoms with E-state index in [4.69, 9.17) is 14.3 Å². The molecule has 0 aliphatic heterocycles.